The van der Waals surface area contributed by atoms with Crippen LogP contribution in [0.4, 0.5) is 5.69 Å². The predicted molar refractivity (Wildman–Crippen MR) is 95.5 cm³/mol. The molecule has 0 fully saturated rings. The van der Waals surface area contributed by atoms with Crippen molar-refractivity contribution in [1.29, 1.82) is 0 Å². The summed E-state index contributed by atoms with van der Waals surface area (Å²) in [5.74, 6) is -0.353. The van der Waals surface area contributed by atoms with Crippen LogP contribution in [0.15, 0.2) is 23.1 Å². The van der Waals surface area contributed by atoms with Gasteiger partial charge in [-0.1, -0.05) is 6.92 Å². The molecule has 1 aromatic carbocycles. The molecule has 0 aliphatic carbocycles. The average molecular weight is 384 g/mol. The first-order chi connectivity index (χ1) is 12.3. The fraction of sp³-hybridized carbons (Fsp3) is 0.529. The first-order valence-electron chi connectivity index (χ1n) is 8.57. The molecule has 0 bridgehead atoms. The third kappa shape index (κ3) is 4.53. The summed E-state index contributed by atoms with van der Waals surface area (Å²) in [6.45, 7) is 5.73. The number of carbonyl (C=O) groups excluding carboxylic acids is 2. The predicted octanol–water partition coefficient (Wildman–Crippen LogP) is 1.76. The van der Waals surface area contributed by atoms with Crippen LogP contribution in [-0.2, 0) is 24.3 Å². The molecule has 144 valence electrons. The van der Waals surface area contributed by atoms with Crippen LogP contribution in [-0.4, -0.2) is 50.4 Å². The van der Waals surface area contributed by atoms with Gasteiger partial charge in [0.25, 0.3) is 5.91 Å². The van der Waals surface area contributed by atoms with Gasteiger partial charge in [-0.2, -0.15) is 4.31 Å². The summed E-state index contributed by atoms with van der Waals surface area (Å²) >= 11 is 0. The van der Waals surface area contributed by atoms with Crippen LogP contribution in [0, 0.1) is 0 Å². The van der Waals surface area contributed by atoms with Gasteiger partial charge in [-0.3, -0.25) is 9.59 Å². The van der Waals surface area contributed by atoms with Crippen molar-refractivity contribution >= 4 is 27.6 Å². The molecule has 1 aromatic rings. The lowest BCUT2D eigenvalue weighted by molar-refractivity contribution is -0.143. The first-order valence-corrected chi connectivity index (χ1v) is 10.0. The van der Waals surface area contributed by atoms with E-state index < -0.39 is 22.1 Å². The van der Waals surface area contributed by atoms with Gasteiger partial charge in [0.1, 0.15) is 5.75 Å². The van der Waals surface area contributed by atoms with E-state index in [1.807, 2.05) is 6.92 Å². The molecule has 0 spiro atoms. The summed E-state index contributed by atoms with van der Waals surface area (Å²) < 4.78 is 37.4. The molecular formula is C17H24N2O6S. The number of benzene rings is 1. The van der Waals surface area contributed by atoms with Crippen molar-refractivity contribution in [1.82, 2.24) is 4.31 Å². The molecular weight excluding hydrogens is 360 g/mol. The van der Waals surface area contributed by atoms with Crippen LogP contribution in [0.5, 0.6) is 5.75 Å². The minimum Gasteiger partial charge on any atom is -0.479 e. The van der Waals surface area contributed by atoms with Crippen molar-refractivity contribution < 1.29 is 27.5 Å². The maximum Gasteiger partial charge on any atom is 0.307 e. The minimum absolute atomic E-state index is 0.0185. The standard InChI is InChI=1S/C17H24N2O6S/c1-4-9-19(10-8-16(20)24-5-2)26(22,23)13-6-7-15-14(11-13)18-17(21)12(3)25-15/h6-7,11-12H,4-5,8-10H2,1-3H3,(H,18,21). The highest BCUT2D eigenvalue weighted by atomic mass is 32.2. The Kier molecular flexibility index (Phi) is 6.60. The van der Waals surface area contributed by atoms with Crippen LogP contribution in [0.25, 0.3) is 0 Å². The highest BCUT2D eigenvalue weighted by Gasteiger charge is 2.28. The van der Waals surface area contributed by atoms with E-state index in [0.29, 0.717) is 17.9 Å². The minimum atomic E-state index is -3.82. The van der Waals surface area contributed by atoms with Gasteiger partial charge < -0.3 is 14.8 Å². The maximum absolute atomic E-state index is 12.9. The summed E-state index contributed by atoms with van der Waals surface area (Å²) in [6, 6.07) is 4.33. The molecule has 1 amide bonds. The smallest absolute Gasteiger partial charge is 0.307 e. The number of anilines is 1. The third-order valence-corrected chi connectivity index (χ3v) is 5.76. The third-order valence-electron chi connectivity index (χ3n) is 3.86. The Morgan fingerprint density at radius 3 is 2.69 bits per heavy atom. The Hall–Kier alpha value is -2.13. The second-order valence-electron chi connectivity index (χ2n) is 5.87. The normalized spacial score (nSPS) is 16.6. The van der Waals surface area contributed by atoms with Crippen LogP contribution in [0.3, 0.4) is 0 Å². The summed E-state index contributed by atoms with van der Waals surface area (Å²) in [7, 11) is -3.82. The molecule has 1 aliphatic rings. The van der Waals surface area contributed by atoms with Gasteiger partial charge in [0, 0.05) is 13.1 Å². The van der Waals surface area contributed by atoms with E-state index in [1.165, 1.54) is 22.5 Å². The zero-order valence-corrected chi connectivity index (χ0v) is 16.0. The average Bonchev–Trinajstić information content (AvgIpc) is 2.59. The van der Waals surface area contributed by atoms with E-state index in [9.17, 15) is 18.0 Å². The molecule has 0 saturated heterocycles. The van der Waals surface area contributed by atoms with E-state index in [1.54, 1.807) is 13.8 Å². The number of nitrogens with one attached hydrogen (secondary N) is 1. The number of nitrogens with zero attached hydrogens (tertiary/aromatic N) is 1. The molecule has 26 heavy (non-hydrogen) atoms. The van der Waals surface area contributed by atoms with E-state index in [-0.39, 0.29) is 36.9 Å². The van der Waals surface area contributed by atoms with Crippen LogP contribution in [0.2, 0.25) is 0 Å². The van der Waals surface area contributed by atoms with Crippen molar-refractivity contribution in [2.75, 3.05) is 25.0 Å². The number of fused-ring (bicyclic) bond motifs is 1. The van der Waals surface area contributed by atoms with Crippen molar-refractivity contribution in [3.05, 3.63) is 18.2 Å². The van der Waals surface area contributed by atoms with Crippen molar-refractivity contribution in [3.63, 3.8) is 0 Å². The Bertz CT molecular complexity index is 777. The van der Waals surface area contributed by atoms with E-state index in [2.05, 4.69) is 5.32 Å². The number of esters is 1. The van der Waals surface area contributed by atoms with E-state index in [4.69, 9.17) is 9.47 Å². The van der Waals surface area contributed by atoms with Crippen LogP contribution >= 0.6 is 0 Å². The fourth-order valence-corrected chi connectivity index (χ4v) is 4.11. The highest BCUT2D eigenvalue weighted by molar-refractivity contribution is 7.89. The molecule has 1 heterocycles. The Morgan fingerprint density at radius 2 is 2.04 bits per heavy atom. The topological polar surface area (TPSA) is 102 Å². The molecule has 0 aromatic heterocycles. The largest absolute Gasteiger partial charge is 0.479 e. The molecule has 1 N–H and O–H groups in total. The number of hydrogen-bond acceptors (Lipinski definition) is 6. The molecule has 0 radical (unpaired) electrons. The quantitative estimate of drug-likeness (QED) is 0.685. The Morgan fingerprint density at radius 1 is 1.31 bits per heavy atom. The van der Waals surface area contributed by atoms with Gasteiger partial charge in [0.15, 0.2) is 6.10 Å². The number of amides is 1. The molecule has 0 saturated carbocycles. The molecule has 2 rings (SSSR count). The van der Waals surface area contributed by atoms with Crippen molar-refractivity contribution in [3.8, 4) is 5.75 Å². The number of sulfonamides is 1. The van der Waals surface area contributed by atoms with E-state index in [0.717, 1.165) is 0 Å². The number of carbonyl (C=O) groups is 2. The SMILES string of the molecule is CCCN(CCC(=O)OCC)S(=O)(=O)c1ccc2c(c1)NC(=O)C(C)O2. The maximum atomic E-state index is 12.9. The van der Waals surface area contributed by atoms with Gasteiger partial charge in [0.2, 0.25) is 10.0 Å². The lowest BCUT2D eigenvalue weighted by Crippen LogP contribution is -2.35. The number of ether oxygens (including phenoxy) is 2. The number of hydrogen-bond donors (Lipinski definition) is 1. The molecule has 1 atom stereocenters. The van der Waals surface area contributed by atoms with Gasteiger partial charge in [-0.25, -0.2) is 8.42 Å². The fourth-order valence-electron chi connectivity index (χ4n) is 2.55. The van der Waals surface area contributed by atoms with Crippen LogP contribution < -0.4 is 10.1 Å². The van der Waals surface area contributed by atoms with Gasteiger partial charge in [-0.05, 0) is 38.5 Å². The summed E-state index contributed by atoms with van der Waals surface area (Å²) in [6.07, 6.45) is -0.0502. The van der Waals surface area contributed by atoms with Crippen LogP contribution in [0.1, 0.15) is 33.6 Å². The Labute approximate surface area is 153 Å². The summed E-state index contributed by atoms with van der Waals surface area (Å²) in [5, 5.41) is 2.64. The second kappa shape index (κ2) is 8.50. The van der Waals surface area contributed by atoms with E-state index >= 15 is 0 Å². The molecule has 8 nitrogen and oxygen atoms in total. The van der Waals surface area contributed by atoms with Crippen molar-refractivity contribution in [2.45, 2.75) is 44.6 Å². The molecule has 9 heteroatoms. The summed E-state index contributed by atoms with van der Waals surface area (Å²) in [5.41, 5.74) is 0.316. The van der Waals surface area contributed by atoms with Gasteiger partial charge in [-0.15, -0.1) is 0 Å². The monoisotopic (exact) mass is 384 g/mol. The summed E-state index contributed by atoms with van der Waals surface area (Å²) in [4.78, 5) is 23.3. The lowest BCUT2D eigenvalue weighted by Gasteiger charge is -2.25. The molecule has 1 aliphatic heterocycles. The zero-order valence-electron chi connectivity index (χ0n) is 15.1. The molecule has 1 unspecified atom stereocenters. The van der Waals surface area contributed by atoms with Crippen molar-refractivity contribution in [2.24, 2.45) is 0 Å². The first kappa shape index (κ1) is 20.2. The van der Waals surface area contributed by atoms with Gasteiger partial charge in [0.05, 0.1) is 23.6 Å². The second-order valence-corrected chi connectivity index (χ2v) is 7.80. The highest BCUT2D eigenvalue weighted by Crippen LogP contribution is 2.32. The van der Waals surface area contributed by atoms with Gasteiger partial charge >= 0.3 is 5.97 Å². The lowest BCUT2D eigenvalue weighted by atomic mass is 10.2. The number of rotatable bonds is 8. The zero-order chi connectivity index (χ0) is 19.3. The Balaban J connectivity index is 2.24.